The van der Waals surface area contributed by atoms with Gasteiger partial charge in [0.1, 0.15) is 55.8 Å². The number of aliphatic hydroxyl groups is 1. The second-order valence-corrected chi connectivity index (χ2v) is 49.7. The zero-order valence-electron chi connectivity index (χ0n) is 80.1. The molecule has 1 aromatic carbocycles. The van der Waals surface area contributed by atoms with Gasteiger partial charge in [0.05, 0.1) is 39.5 Å². The number of alkyl halides is 12. The monoisotopic (exact) mass is 2140 g/mol. The molecule has 0 aromatic heterocycles. The van der Waals surface area contributed by atoms with Crippen molar-refractivity contribution in [2.24, 2.45) is 0 Å². The van der Waals surface area contributed by atoms with Crippen molar-refractivity contribution in [1.29, 1.82) is 5.41 Å². The van der Waals surface area contributed by atoms with Gasteiger partial charge < -0.3 is 71.7 Å². The minimum absolute atomic E-state index is 0.0160. The number of ether oxygens (including phenoxy) is 11. The molecule has 2 aliphatic rings. The maximum atomic E-state index is 14.7. The first-order chi connectivity index (χ1) is 62.9. The molecule has 0 bridgehead atoms. The van der Waals surface area contributed by atoms with E-state index < -0.39 is 166 Å². The number of alkyl carbamates (subject to hydrolysis) is 2. The third-order valence-corrected chi connectivity index (χ3v) is 27.0. The minimum atomic E-state index is -5.39. The van der Waals surface area contributed by atoms with E-state index in [1.54, 1.807) is 0 Å². The topological polar surface area (TPSA) is 343 Å². The predicted octanol–water partition coefficient (Wildman–Crippen LogP) is 27.0. The lowest BCUT2D eigenvalue weighted by Crippen LogP contribution is -2.67. The summed E-state index contributed by atoms with van der Waals surface area (Å²) in [7, 11) is -12.6. The number of halogens is 12. The summed E-state index contributed by atoms with van der Waals surface area (Å²) in [5.74, 6) is -2.73. The SMILES string of the molecule is CCCCCCCCCCCCCC(=O)O[C@H](CCCCCCCCCCC)CC(=O)OC1[C@H](OP(=O)(OCCCC)OCCCC)C(COCCCC)O[C@H](OC(=N)C(Cl)(Cl)Cl)[C@H]1NC(=O)OCC(Cl)(Cl)Cl.CCCCCCCCCCCCCCCC(=O)OC1[C@H](O)C(COCCCC)O[C@H](OCc2ccccc2)[C@H]1NC(=O)OCC(Cl)(Cl)Cl.C[Si](C)(C)OS(=O)(=O)C(F)(F)F. The van der Waals surface area contributed by atoms with Gasteiger partial charge in [0.15, 0.2) is 18.5 Å². The number of benzene rings is 1. The average Bonchev–Trinajstić information content (AvgIpc) is 0.706. The number of hydrogen-bond acceptors (Lipinski definition) is 25. The summed E-state index contributed by atoms with van der Waals surface area (Å²) in [6.07, 6.45) is 29.4. The number of hydrogen-bond donors (Lipinski definition) is 4. The third-order valence-electron chi connectivity index (χ3n) is 20.9. The van der Waals surface area contributed by atoms with Crippen molar-refractivity contribution in [1.82, 2.24) is 10.6 Å². The Morgan fingerprint density at radius 1 is 0.489 bits per heavy atom. The number of carbonyl (C=O) groups excluding carboxylic acids is 5. The smallest absolute Gasteiger partial charge is 0.462 e. The van der Waals surface area contributed by atoms with Crippen LogP contribution < -0.4 is 10.6 Å². The Morgan fingerprint density at radius 3 is 1.26 bits per heavy atom. The molecule has 4 N–H and O–H groups in total. The molecule has 11 atom stereocenters. The molecule has 4 unspecified atom stereocenters. The van der Waals surface area contributed by atoms with E-state index >= 15 is 0 Å². The van der Waals surface area contributed by atoms with Gasteiger partial charge in [-0.15, -0.1) is 0 Å². The molecule has 780 valence electrons. The molecule has 133 heavy (non-hydrogen) atoms. The van der Waals surface area contributed by atoms with Gasteiger partial charge in [0, 0.05) is 26.1 Å². The van der Waals surface area contributed by atoms with Gasteiger partial charge in [0.25, 0.3) is 3.79 Å². The molecule has 27 nitrogen and oxygen atoms in total. The number of aliphatic hydroxyl groups excluding tert-OH is 1. The van der Waals surface area contributed by atoms with Crippen LogP contribution in [0.4, 0.5) is 22.8 Å². The van der Waals surface area contributed by atoms with Crippen molar-refractivity contribution in [2.75, 3.05) is 52.9 Å². The summed E-state index contributed by atoms with van der Waals surface area (Å²) in [4.78, 5) is 67.4. The molecule has 2 saturated heterocycles. The number of esters is 3. The second kappa shape index (κ2) is 74.9. The van der Waals surface area contributed by atoms with E-state index in [-0.39, 0.29) is 52.5 Å². The van der Waals surface area contributed by atoms with Crippen LogP contribution in [0.2, 0.25) is 19.6 Å². The van der Waals surface area contributed by atoms with Crippen LogP contribution in [-0.2, 0) is 105 Å². The average molecular weight is 2150 g/mol. The van der Waals surface area contributed by atoms with Crippen LogP contribution in [0, 0.1) is 5.41 Å². The van der Waals surface area contributed by atoms with Gasteiger partial charge in [-0.1, -0.05) is 402 Å². The largest absolute Gasteiger partial charge is 0.522 e. The summed E-state index contributed by atoms with van der Waals surface area (Å²) >= 11 is 53.2. The van der Waals surface area contributed by atoms with E-state index in [9.17, 15) is 55.2 Å². The number of phosphoric acid groups is 1. The first kappa shape index (κ1) is 129. The number of nitrogens with one attached hydrogen (secondary N) is 3. The summed E-state index contributed by atoms with van der Waals surface area (Å²) < 4.78 is 151. The van der Waals surface area contributed by atoms with Crippen LogP contribution in [-0.4, -0.2) is 195 Å². The Kier molecular flexibility index (Phi) is 72.7. The highest BCUT2D eigenvalue weighted by atomic mass is 35.6. The van der Waals surface area contributed by atoms with Crippen molar-refractivity contribution in [3.05, 3.63) is 35.9 Å². The molecule has 0 spiro atoms. The van der Waals surface area contributed by atoms with Crippen molar-refractivity contribution < 1.29 is 125 Å². The number of phosphoric ester groups is 1. The number of carbonyl (C=O) groups is 5. The molecule has 42 heteroatoms. The molecule has 2 fully saturated rings. The van der Waals surface area contributed by atoms with Gasteiger partial charge in [0.2, 0.25) is 28.1 Å². The van der Waals surface area contributed by atoms with Crippen LogP contribution in [0.25, 0.3) is 0 Å². The quantitative estimate of drug-likeness (QED) is 0.00542. The van der Waals surface area contributed by atoms with Crippen LogP contribution in [0.5, 0.6) is 0 Å². The Morgan fingerprint density at radius 2 is 0.865 bits per heavy atom. The fourth-order valence-corrected chi connectivity index (χ4v) is 18.7. The van der Waals surface area contributed by atoms with Crippen LogP contribution in [0.3, 0.4) is 0 Å². The van der Waals surface area contributed by atoms with E-state index in [2.05, 4.69) is 35.3 Å². The Bertz CT molecular complexity index is 3360. The summed E-state index contributed by atoms with van der Waals surface area (Å²) in [6.45, 7) is 18.0. The fourth-order valence-electron chi connectivity index (χ4n) is 13.7. The Labute approximate surface area is 838 Å². The molecule has 1 aromatic rings. The van der Waals surface area contributed by atoms with Crippen molar-refractivity contribution in [3.63, 3.8) is 0 Å². The highest BCUT2D eigenvalue weighted by Crippen LogP contribution is 2.53. The van der Waals surface area contributed by atoms with Crippen LogP contribution in [0.1, 0.15) is 343 Å². The lowest BCUT2D eigenvalue weighted by atomic mass is 9.96. The van der Waals surface area contributed by atoms with E-state index in [1.807, 2.05) is 58.0 Å². The molecular formula is C91H158Cl9F3N3O24PSSi. The molecule has 2 heterocycles. The van der Waals surface area contributed by atoms with Gasteiger partial charge in [-0.2, -0.15) is 21.6 Å². The second-order valence-electron chi connectivity index (χ2n) is 34.5. The predicted molar refractivity (Wildman–Crippen MR) is 523 cm³/mol. The summed E-state index contributed by atoms with van der Waals surface area (Å²) in [5, 5.41) is 25.0. The first-order valence-corrected chi connectivity index (χ1v) is 57.9. The zero-order valence-corrected chi connectivity index (χ0v) is 89.7. The van der Waals surface area contributed by atoms with Gasteiger partial charge in [-0.25, -0.2) is 14.2 Å². The van der Waals surface area contributed by atoms with Crippen molar-refractivity contribution in [2.45, 2.75) is 448 Å². The van der Waals surface area contributed by atoms with E-state index in [0.29, 0.717) is 64.4 Å². The standard InChI is InChI=1S/C51H91Cl6N2O13P.C36H58Cl3NO8.C4H9F3O3SSi/c1-6-11-16-18-20-22-23-25-27-29-31-33-42(60)68-40(32-30-28-26-24-21-19-17-12-7-2)37-43(61)70-46-44(59-49(62)65-39-50(52,53)54)47(71-48(58)51(55,56)57)69-41(38-64-34-13-8-3)45(46)72-73(63,66-35-14-9-4)67-36-15-10-5;1-3-5-7-8-9-10-11-12-13-14-15-16-20-23-30(41)48-33-31(40-35(43)46-27-36(37,38)39)34(45-25-28-21-18-17-19-22-28)47-29(32(33)42)26-44-24-6-4-2;1-12(2,3)10-11(8,9)4(5,6)7/h40-41,44-47,58H,6-39H2,1-5H3,(H,59,62);17-19,21-22,29,31-34,42H,3-16,20,23-27H2,1-2H3,(H,40,43);1-3H3/t40-,41?,44+,45-,46?,47-;29?,31-,32+,33?,34-;/m10./s1. The van der Waals surface area contributed by atoms with Crippen molar-refractivity contribution in [3.8, 4) is 0 Å². The molecular weight excluding hydrogens is 1990 g/mol. The number of rotatable bonds is 71. The van der Waals surface area contributed by atoms with E-state index in [4.69, 9.17) is 175 Å². The maximum absolute atomic E-state index is 14.7. The Balaban J connectivity index is 0.00000125. The summed E-state index contributed by atoms with van der Waals surface area (Å²) in [5.41, 5.74) is -4.45. The lowest BCUT2D eigenvalue weighted by Gasteiger charge is -2.45. The van der Waals surface area contributed by atoms with Crippen LogP contribution >= 0.6 is 112 Å². The lowest BCUT2D eigenvalue weighted by molar-refractivity contribution is -0.278. The zero-order chi connectivity index (χ0) is 99.6. The molecule has 2 amide bonds. The van der Waals surface area contributed by atoms with E-state index in [1.165, 1.54) is 148 Å². The molecule has 2 aliphatic heterocycles. The molecule has 0 radical (unpaired) electrons. The molecule has 0 aliphatic carbocycles. The third kappa shape index (κ3) is 65.8. The van der Waals surface area contributed by atoms with Gasteiger partial charge in [-0.3, -0.25) is 33.4 Å². The van der Waals surface area contributed by atoms with Gasteiger partial charge >= 0.3 is 53.5 Å². The normalized spacial score (nSPS) is 19.3. The highest BCUT2D eigenvalue weighted by molar-refractivity contribution is 7.88. The van der Waals surface area contributed by atoms with Gasteiger partial charge in [-0.05, 0) is 76.6 Å². The summed E-state index contributed by atoms with van der Waals surface area (Å²) in [6, 6.07) is 6.59. The molecule has 3 rings (SSSR count). The van der Waals surface area contributed by atoms with Crippen molar-refractivity contribution >= 4 is 167 Å². The number of amides is 2. The minimum Gasteiger partial charge on any atom is -0.462 e. The van der Waals surface area contributed by atoms with E-state index in [0.717, 1.165) is 89.0 Å². The molecule has 0 saturated carbocycles. The Hall–Kier alpha value is -1.96. The maximum Gasteiger partial charge on any atom is 0.522 e. The highest BCUT2D eigenvalue weighted by Gasteiger charge is 2.56. The fraction of sp³-hybridized carbons (Fsp3) is 0.868. The van der Waals surface area contributed by atoms with Crippen LogP contribution in [0.15, 0.2) is 30.3 Å². The number of unbranched alkanes of at least 4 members (excludes halogenated alkanes) is 34. The first-order valence-electron chi connectivity index (χ1n) is 48.2.